The molecule has 150 valence electrons. The van der Waals surface area contributed by atoms with Crippen molar-refractivity contribution in [3.63, 3.8) is 0 Å². The Morgan fingerprint density at radius 1 is 1.18 bits per heavy atom. The Balaban J connectivity index is 1.61. The van der Waals surface area contributed by atoms with Crippen molar-refractivity contribution in [1.82, 2.24) is 9.47 Å². The van der Waals surface area contributed by atoms with Crippen LogP contribution in [0.3, 0.4) is 0 Å². The summed E-state index contributed by atoms with van der Waals surface area (Å²) in [7, 11) is 0. The number of fused-ring (bicyclic) bond motifs is 1. The SMILES string of the molecule is Cc1sc(=O)n(CC(=O)N2CC[C@H](C)[C@@H]3CCCC[C@H]32)c1-c1ccc(F)cc1. The number of hydrogen-bond acceptors (Lipinski definition) is 3. The number of likely N-dealkylation sites (tertiary alicyclic amines) is 1. The Morgan fingerprint density at radius 2 is 1.89 bits per heavy atom. The molecule has 28 heavy (non-hydrogen) atoms. The fourth-order valence-electron chi connectivity index (χ4n) is 5.08. The first-order valence-electron chi connectivity index (χ1n) is 10.2. The molecule has 6 heteroatoms. The van der Waals surface area contributed by atoms with Crippen LogP contribution < -0.4 is 4.87 Å². The lowest BCUT2D eigenvalue weighted by Gasteiger charge is -2.47. The minimum absolute atomic E-state index is 0.0343. The Morgan fingerprint density at radius 3 is 2.64 bits per heavy atom. The summed E-state index contributed by atoms with van der Waals surface area (Å²) in [5.41, 5.74) is 1.50. The van der Waals surface area contributed by atoms with Crippen molar-refractivity contribution < 1.29 is 9.18 Å². The van der Waals surface area contributed by atoms with E-state index in [-0.39, 0.29) is 23.1 Å². The highest BCUT2D eigenvalue weighted by Gasteiger charge is 2.39. The number of nitrogens with zero attached hydrogens (tertiary/aromatic N) is 2. The summed E-state index contributed by atoms with van der Waals surface area (Å²) in [6.45, 7) is 5.04. The van der Waals surface area contributed by atoms with E-state index in [0.717, 1.165) is 46.9 Å². The monoisotopic (exact) mass is 402 g/mol. The third-order valence-electron chi connectivity index (χ3n) is 6.53. The molecule has 1 saturated carbocycles. The van der Waals surface area contributed by atoms with E-state index >= 15 is 0 Å². The van der Waals surface area contributed by atoms with Crippen LogP contribution in [0.15, 0.2) is 29.1 Å². The number of rotatable bonds is 3. The quantitative estimate of drug-likeness (QED) is 0.761. The number of aryl methyl sites for hydroxylation is 1. The summed E-state index contributed by atoms with van der Waals surface area (Å²) < 4.78 is 14.9. The highest BCUT2D eigenvalue weighted by atomic mass is 32.1. The summed E-state index contributed by atoms with van der Waals surface area (Å²) in [5.74, 6) is 0.971. The van der Waals surface area contributed by atoms with Crippen molar-refractivity contribution in [3.8, 4) is 11.3 Å². The second-order valence-corrected chi connectivity index (χ2v) is 9.40. The van der Waals surface area contributed by atoms with E-state index in [0.29, 0.717) is 17.9 Å². The molecule has 1 aliphatic carbocycles. The van der Waals surface area contributed by atoms with Crippen molar-refractivity contribution >= 4 is 17.2 Å². The molecule has 0 spiro atoms. The summed E-state index contributed by atoms with van der Waals surface area (Å²) in [4.78, 5) is 28.6. The molecule has 1 aromatic heterocycles. The molecule has 0 radical (unpaired) electrons. The van der Waals surface area contributed by atoms with Crippen LogP contribution in [0.2, 0.25) is 0 Å². The fraction of sp³-hybridized carbons (Fsp3) is 0.545. The first kappa shape index (κ1) is 19.4. The van der Waals surface area contributed by atoms with Gasteiger partial charge in [0.2, 0.25) is 5.91 Å². The minimum Gasteiger partial charge on any atom is -0.338 e. The fourth-order valence-corrected chi connectivity index (χ4v) is 5.93. The maximum absolute atomic E-state index is 13.3. The number of halogens is 1. The van der Waals surface area contributed by atoms with Gasteiger partial charge < -0.3 is 4.90 Å². The highest BCUT2D eigenvalue weighted by Crippen LogP contribution is 2.39. The second kappa shape index (κ2) is 7.82. The van der Waals surface area contributed by atoms with Gasteiger partial charge in [-0.25, -0.2) is 4.39 Å². The molecule has 3 atom stereocenters. The molecule has 1 aliphatic heterocycles. The molecule has 2 fully saturated rings. The predicted molar refractivity (Wildman–Crippen MR) is 110 cm³/mol. The van der Waals surface area contributed by atoms with Crippen LogP contribution >= 0.6 is 11.3 Å². The van der Waals surface area contributed by atoms with E-state index < -0.39 is 0 Å². The van der Waals surface area contributed by atoms with Gasteiger partial charge in [-0.2, -0.15) is 0 Å². The molecular weight excluding hydrogens is 375 g/mol. The first-order chi connectivity index (χ1) is 13.5. The van der Waals surface area contributed by atoms with E-state index in [1.807, 2.05) is 11.8 Å². The van der Waals surface area contributed by atoms with Crippen molar-refractivity contribution in [1.29, 1.82) is 0 Å². The van der Waals surface area contributed by atoms with Crippen molar-refractivity contribution in [2.45, 2.75) is 58.5 Å². The van der Waals surface area contributed by atoms with Crippen molar-refractivity contribution in [3.05, 3.63) is 44.6 Å². The largest absolute Gasteiger partial charge is 0.338 e. The molecule has 4 nitrogen and oxygen atoms in total. The third kappa shape index (κ3) is 3.54. The number of piperidine rings is 1. The van der Waals surface area contributed by atoms with Crippen LogP contribution in [0.4, 0.5) is 4.39 Å². The molecule has 4 rings (SSSR count). The van der Waals surface area contributed by atoms with E-state index in [9.17, 15) is 14.0 Å². The molecule has 0 N–H and O–H groups in total. The molecule has 2 aromatic rings. The zero-order valence-electron chi connectivity index (χ0n) is 16.5. The maximum atomic E-state index is 13.3. The lowest BCUT2D eigenvalue weighted by Crippen LogP contribution is -2.53. The number of thiazole rings is 1. The van der Waals surface area contributed by atoms with Crippen LogP contribution in [0.25, 0.3) is 11.3 Å². The van der Waals surface area contributed by atoms with Gasteiger partial charge in [-0.05, 0) is 67.9 Å². The molecular formula is C22H27FN2O2S. The minimum atomic E-state index is -0.313. The zero-order valence-corrected chi connectivity index (χ0v) is 17.3. The lowest BCUT2D eigenvalue weighted by atomic mass is 9.72. The van der Waals surface area contributed by atoms with Gasteiger partial charge in [0.25, 0.3) is 0 Å². The van der Waals surface area contributed by atoms with Crippen molar-refractivity contribution in [2.75, 3.05) is 6.54 Å². The van der Waals surface area contributed by atoms with Crippen molar-refractivity contribution in [2.24, 2.45) is 11.8 Å². The van der Waals surface area contributed by atoms with E-state index in [2.05, 4.69) is 6.92 Å². The van der Waals surface area contributed by atoms with Gasteiger partial charge >= 0.3 is 4.87 Å². The smallest absolute Gasteiger partial charge is 0.308 e. The molecule has 0 unspecified atom stereocenters. The number of carbonyl (C=O) groups is 1. The normalized spacial score (nSPS) is 24.8. The van der Waals surface area contributed by atoms with Gasteiger partial charge in [-0.15, -0.1) is 0 Å². The standard InChI is InChI=1S/C22H27FN2O2S/c1-14-11-12-24(19-6-4-3-5-18(14)19)20(26)13-25-21(15(2)28-22(25)27)16-7-9-17(23)10-8-16/h7-10,14,18-19H,3-6,11-13H2,1-2H3/t14-,18-,19+/m0/s1. The number of aromatic nitrogens is 1. The molecule has 1 saturated heterocycles. The summed E-state index contributed by atoms with van der Waals surface area (Å²) >= 11 is 1.15. The lowest BCUT2D eigenvalue weighted by molar-refractivity contribution is -0.139. The Hall–Kier alpha value is -1.95. The van der Waals surface area contributed by atoms with Crippen LogP contribution in [0.1, 0.15) is 43.9 Å². The van der Waals surface area contributed by atoms with Gasteiger partial charge in [0.1, 0.15) is 12.4 Å². The summed E-state index contributed by atoms with van der Waals surface area (Å²) in [6, 6.07) is 6.44. The molecule has 0 bridgehead atoms. The van der Waals surface area contributed by atoms with Gasteiger partial charge in [0, 0.05) is 17.5 Å². The average molecular weight is 403 g/mol. The van der Waals surface area contributed by atoms with Gasteiger partial charge in [-0.1, -0.05) is 31.1 Å². The first-order valence-corrected chi connectivity index (χ1v) is 11.0. The number of carbonyl (C=O) groups excluding carboxylic acids is 1. The van der Waals surface area contributed by atoms with Gasteiger partial charge in [0.15, 0.2) is 0 Å². The highest BCUT2D eigenvalue weighted by molar-refractivity contribution is 7.09. The van der Waals surface area contributed by atoms with E-state index in [1.54, 1.807) is 16.7 Å². The third-order valence-corrected chi connectivity index (χ3v) is 7.43. The Labute approximate surface area is 169 Å². The summed E-state index contributed by atoms with van der Waals surface area (Å²) in [6.07, 6.45) is 5.74. The number of benzene rings is 1. The van der Waals surface area contributed by atoms with Crippen LogP contribution in [0.5, 0.6) is 0 Å². The topological polar surface area (TPSA) is 42.3 Å². The zero-order chi connectivity index (χ0) is 19.8. The van der Waals surface area contributed by atoms with Gasteiger partial charge in [-0.3, -0.25) is 14.2 Å². The predicted octanol–water partition coefficient (Wildman–Crippen LogP) is 4.45. The average Bonchev–Trinajstić information content (AvgIpc) is 2.96. The Kier molecular flexibility index (Phi) is 5.41. The van der Waals surface area contributed by atoms with Crippen LogP contribution in [0, 0.1) is 24.6 Å². The summed E-state index contributed by atoms with van der Waals surface area (Å²) in [5, 5.41) is 0. The van der Waals surface area contributed by atoms with Crippen LogP contribution in [-0.2, 0) is 11.3 Å². The number of hydrogen-bond donors (Lipinski definition) is 0. The molecule has 1 aromatic carbocycles. The Bertz CT molecular complexity index is 918. The maximum Gasteiger partial charge on any atom is 0.308 e. The van der Waals surface area contributed by atoms with E-state index in [4.69, 9.17) is 0 Å². The van der Waals surface area contributed by atoms with Gasteiger partial charge in [0.05, 0.1) is 5.69 Å². The second-order valence-electron chi connectivity index (χ2n) is 8.23. The van der Waals surface area contributed by atoms with Crippen LogP contribution in [-0.4, -0.2) is 28.0 Å². The van der Waals surface area contributed by atoms with E-state index in [1.165, 1.54) is 31.4 Å². The molecule has 2 heterocycles. The molecule has 2 aliphatic rings. The molecule has 1 amide bonds. The number of amides is 1.